The molecule has 0 atom stereocenters. The third kappa shape index (κ3) is 2.20. The molecule has 0 aliphatic heterocycles. The van der Waals surface area contributed by atoms with Crippen LogP contribution in [0.4, 0.5) is 0 Å². The van der Waals surface area contributed by atoms with Crippen LogP contribution < -0.4 is 0 Å². The van der Waals surface area contributed by atoms with E-state index < -0.39 is 9.84 Å². The highest BCUT2D eigenvalue weighted by Crippen LogP contribution is 2.16. The summed E-state index contributed by atoms with van der Waals surface area (Å²) in [5, 5.41) is 0. The minimum atomic E-state index is -3.05. The normalized spacial score (nSPS) is 11.6. The van der Waals surface area contributed by atoms with Crippen molar-refractivity contribution in [2.24, 2.45) is 0 Å². The van der Waals surface area contributed by atoms with Gasteiger partial charge in [0.25, 0.3) is 0 Å². The van der Waals surface area contributed by atoms with E-state index in [-0.39, 0.29) is 0 Å². The van der Waals surface area contributed by atoms with Gasteiger partial charge in [-0.05, 0) is 53.3 Å². The van der Waals surface area contributed by atoms with Gasteiger partial charge in [0, 0.05) is 9.83 Å². The first-order valence-corrected chi connectivity index (χ1v) is 6.34. The van der Waals surface area contributed by atoms with Crippen LogP contribution in [0.15, 0.2) is 23.1 Å². The van der Waals surface area contributed by atoms with Crippen LogP contribution in [0.5, 0.6) is 0 Å². The quantitative estimate of drug-likeness (QED) is 0.743. The Bertz CT molecular complexity index is 396. The van der Waals surface area contributed by atoms with Crippen LogP contribution in [0.1, 0.15) is 5.56 Å². The summed E-state index contributed by atoms with van der Waals surface area (Å²) >= 11 is 2.17. The van der Waals surface area contributed by atoms with Crippen LogP contribution in [0.3, 0.4) is 0 Å². The molecule has 0 bridgehead atoms. The molecule has 0 saturated carbocycles. The van der Waals surface area contributed by atoms with E-state index in [1.54, 1.807) is 12.1 Å². The minimum absolute atomic E-state index is 0.389. The summed E-state index contributed by atoms with van der Waals surface area (Å²) in [4.78, 5) is 0.389. The first-order valence-electron chi connectivity index (χ1n) is 3.37. The highest BCUT2D eigenvalue weighted by molar-refractivity contribution is 14.1. The fourth-order valence-corrected chi connectivity index (χ4v) is 1.89. The molecule has 0 aliphatic rings. The lowest BCUT2D eigenvalue weighted by atomic mass is 10.2. The molecule has 0 N–H and O–H groups in total. The summed E-state index contributed by atoms with van der Waals surface area (Å²) in [5.41, 5.74) is 0.999. The van der Waals surface area contributed by atoms with Gasteiger partial charge in [0.2, 0.25) is 0 Å². The molecule has 0 heterocycles. The largest absolute Gasteiger partial charge is 0.224 e. The molecule has 0 amide bonds. The molecule has 0 spiro atoms. The molecule has 0 radical (unpaired) electrons. The molecule has 12 heavy (non-hydrogen) atoms. The van der Waals surface area contributed by atoms with Crippen molar-refractivity contribution in [2.75, 3.05) is 6.26 Å². The maximum atomic E-state index is 11.1. The van der Waals surface area contributed by atoms with Gasteiger partial charge in [-0.15, -0.1) is 0 Å². The number of aryl methyl sites for hydroxylation is 1. The molecule has 0 aliphatic carbocycles. The van der Waals surface area contributed by atoms with Gasteiger partial charge in [-0.2, -0.15) is 0 Å². The Labute approximate surface area is 86.0 Å². The SMILES string of the molecule is Cc1cc(S(C)(=O)=O)ccc1I. The Hall–Kier alpha value is -0.100. The van der Waals surface area contributed by atoms with E-state index in [9.17, 15) is 8.42 Å². The smallest absolute Gasteiger partial charge is 0.175 e. The van der Waals surface area contributed by atoms with E-state index in [0.29, 0.717) is 4.90 Å². The van der Waals surface area contributed by atoms with Gasteiger partial charge < -0.3 is 0 Å². The second-order valence-corrected chi connectivity index (χ2v) is 5.86. The third-order valence-electron chi connectivity index (χ3n) is 1.56. The first-order chi connectivity index (χ1) is 5.41. The van der Waals surface area contributed by atoms with Gasteiger partial charge in [0.05, 0.1) is 4.90 Å². The maximum absolute atomic E-state index is 11.1. The minimum Gasteiger partial charge on any atom is -0.224 e. The van der Waals surface area contributed by atoms with E-state index in [1.807, 2.05) is 13.0 Å². The summed E-state index contributed by atoms with van der Waals surface area (Å²) in [6.45, 7) is 1.90. The molecule has 0 saturated heterocycles. The molecule has 1 aromatic carbocycles. The number of hydrogen-bond donors (Lipinski definition) is 0. The van der Waals surface area contributed by atoms with E-state index >= 15 is 0 Å². The highest BCUT2D eigenvalue weighted by Gasteiger charge is 2.07. The van der Waals surface area contributed by atoms with Crippen molar-refractivity contribution in [1.29, 1.82) is 0 Å². The van der Waals surface area contributed by atoms with Gasteiger partial charge >= 0.3 is 0 Å². The summed E-state index contributed by atoms with van der Waals surface area (Å²) in [7, 11) is -3.05. The Morgan fingerprint density at radius 1 is 1.33 bits per heavy atom. The lowest BCUT2D eigenvalue weighted by Gasteiger charge is -2.01. The Kier molecular flexibility index (Phi) is 2.77. The second kappa shape index (κ2) is 3.33. The first kappa shape index (κ1) is 9.98. The van der Waals surface area contributed by atoms with Crippen LogP contribution in [0.25, 0.3) is 0 Å². The number of benzene rings is 1. The predicted molar refractivity (Wildman–Crippen MR) is 57.0 cm³/mol. The van der Waals surface area contributed by atoms with Gasteiger partial charge in [0.15, 0.2) is 9.84 Å². The van der Waals surface area contributed by atoms with Crippen molar-refractivity contribution in [3.05, 3.63) is 27.3 Å². The standard InChI is InChI=1S/C8H9IO2S/c1-6-5-7(12(2,10)11)3-4-8(6)9/h3-5H,1-2H3. The third-order valence-corrected chi connectivity index (χ3v) is 3.88. The Morgan fingerprint density at radius 2 is 1.92 bits per heavy atom. The van der Waals surface area contributed by atoms with E-state index in [1.165, 1.54) is 6.26 Å². The van der Waals surface area contributed by atoms with Crippen molar-refractivity contribution < 1.29 is 8.42 Å². The molecular weight excluding hydrogens is 287 g/mol. The molecular formula is C8H9IO2S. The zero-order valence-electron chi connectivity index (χ0n) is 6.83. The fraction of sp³-hybridized carbons (Fsp3) is 0.250. The molecule has 2 nitrogen and oxygen atoms in total. The molecule has 66 valence electrons. The average Bonchev–Trinajstić information content (AvgIpc) is 1.92. The lowest BCUT2D eigenvalue weighted by Crippen LogP contribution is -1.97. The van der Waals surface area contributed by atoms with Gasteiger partial charge in [-0.3, -0.25) is 0 Å². The summed E-state index contributed by atoms with van der Waals surface area (Å²) in [5.74, 6) is 0. The van der Waals surface area contributed by atoms with Crippen LogP contribution in [0.2, 0.25) is 0 Å². The van der Waals surface area contributed by atoms with Crippen molar-refractivity contribution in [3.63, 3.8) is 0 Å². The van der Waals surface area contributed by atoms with Gasteiger partial charge in [-0.25, -0.2) is 8.42 Å². The molecule has 0 fully saturated rings. The van der Waals surface area contributed by atoms with E-state index in [0.717, 1.165) is 9.13 Å². The van der Waals surface area contributed by atoms with Crippen molar-refractivity contribution in [2.45, 2.75) is 11.8 Å². The molecule has 1 rings (SSSR count). The lowest BCUT2D eigenvalue weighted by molar-refractivity contribution is 0.602. The molecule has 0 aromatic heterocycles. The summed E-state index contributed by atoms with van der Waals surface area (Å²) in [6, 6.07) is 5.13. The van der Waals surface area contributed by atoms with E-state index in [4.69, 9.17) is 0 Å². The summed E-state index contributed by atoms with van der Waals surface area (Å²) in [6.07, 6.45) is 1.22. The molecule has 0 unspecified atom stereocenters. The zero-order chi connectivity index (χ0) is 9.35. The van der Waals surface area contributed by atoms with Crippen molar-refractivity contribution >= 4 is 32.4 Å². The second-order valence-electron chi connectivity index (χ2n) is 2.68. The van der Waals surface area contributed by atoms with Gasteiger partial charge in [0.1, 0.15) is 0 Å². The predicted octanol–water partition coefficient (Wildman–Crippen LogP) is 2.00. The molecule has 4 heteroatoms. The van der Waals surface area contributed by atoms with Crippen molar-refractivity contribution in [3.8, 4) is 0 Å². The fourth-order valence-electron chi connectivity index (χ4n) is 0.848. The number of sulfone groups is 1. The topological polar surface area (TPSA) is 34.1 Å². The average molecular weight is 296 g/mol. The number of halogens is 1. The highest BCUT2D eigenvalue weighted by atomic mass is 127. The van der Waals surface area contributed by atoms with Crippen LogP contribution >= 0.6 is 22.6 Å². The number of rotatable bonds is 1. The maximum Gasteiger partial charge on any atom is 0.175 e. The zero-order valence-corrected chi connectivity index (χ0v) is 9.81. The van der Waals surface area contributed by atoms with Crippen LogP contribution in [-0.4, -0.2) is 14.7 Å². The Morgan fingerprint density at radius 3 is 2.33 bits per heavy atom. The van der Waals surface area contributed by atoms with E-state index in [2.05, 4.69) is 22.6 Å². The Balaban J connectivity index is 3.33. The van der Waals surface area contributed by atoms with Gasteiger partial charge in [-0.1, -0.05) is 0 Å². The van der Waals surface area contributed by atoms with Crippen LogP contribution in [0, 0.1) is 10.5 Å². The number of hydrogen-bond acceptors (Lipinski definition) is 2. The van der Waals surface area contributed by atoms with Crippen LogP contribution in [-0.2, 0) is 9.84 Å². The summed E-state index contributed by atoms with van der Waals surface area (Å²) < 4.78 is 23.3. The monoisotopic (exact) mass is 296 g/mol. The molecule has 1 aromatic rings. The van der Waals surface area contributed by atoms with Crippen molar-refractivity contribution in [1.82, 2.24) is 0 Å².